The Bertz CT molecular complexity index is 866. The summed E-state index contributed by atoms with van der Waals surface area (Å²) in [5.41, 5.74) is 5.23. The van der Waals surface area contributed by atoms with E-state index >= 15 is 0 Å². The molecule has 1 amide bonds. The molecule has 134 valence electrons. The Balaban J connectivity index is 1.71. The molecule has 0 aliphatic heterocycles. The van der Waals surface area contributed by atoms with Crippen LogP contribution < -0.4 is 9.64 Å². The maximum atomic E-state index is 12.3. The summed E-state index contributed by atoms with van der Waals surface area (Å²) in [6.07, 6.45) is -0.418. The first-order valence-corrected chi connectivity index (χ1v) is 8.59. The number of aryl methyl sites for hydroxylation is 2. The van der Waals surface area contributed by atoms with Gasteiger partial charge in [0.25, 0.3) is 0 Å². The van der Waals surface area contributed by atoms with Crippen molar-refractivity contribution in [3.63, 3.8) is 0 Å². The Labute approximate surface area is 153 Å². The van der Waals surface area contributed by atoms with E-state index in [0.717, 1.165) is 22.6 Å². The van der Waals surface area contributed by atoms with Crippen LogP contribution in [0.4, 0.5) is 10.5 Å². The van der Waals surface area contributed by atoms with Crippen molar-refractivity contribution in [3.05, 3.63) is 77.1 Å². The van der Waals surface area contributed by atoms with E-state index < -0.39 is 6.09 Å². The van der Waals surface area contributed by atoms with E-state index in [1.54, 1.807) is 7.05 Å². The number of rotatable bonds is 4. The number of hydrogen-bond acceptors (Lipinski definition) is 3. The smallest absolute Gasteiger partial charge is 0.410 e. The van der Waals surface area contributed by atoms with E-state index in [2.05, 4.69) is 17.1 Å². The van der Waals surface area contributed by atoms with Crippen molar-refractivity contribution in [1.82, 2.24) is 10.2 Å². The lowest BCUT2D eigenvalue weighted by Gasteiger charge is -2.17. The quantitative estimate of drug-likeness (QED) is 0.735. The number of anilines is 1. The van der Waals surface area contributed by atoms with Crippen molar-refractivity contribution in [1.29, 1.82) is 0 Å². The van der Waals surface area contributed by atoms with E-state index in [1.165, 1.54) is 10.5 Å². The molecular weight excluding hydrogens is 326 g/mol. The predicted molar refractivity (Wildman–Crippen MR) is 103 cm³/mol. The van der Waals surface area contributed by atoms with E-state index in [0.29, 0.717) is 5.75 Å². The van der Waals surface area contributed by atoms with Crippen molar-refractivity contribution >= 4 is 11.8 Å². The third-order valence-electron chi connectivity index (χ3n) is 4.62. The van der Waals surface area contributed by atoms with Gasteiger partial charge in [-0.05, 0) is 43.7 Å². The normalized spacial score (nSPS) is 11.8. The lowest BCUT2D eigenvalue weighted by atomic mass is 9.92. The summed E-state index contributed by atoms with van der Waals surface area (Å²) in [5, 5.41) is 7.30. The average molecular weight is 349 g/mol. The number of carbonyl (C=O) groups is 1. The molecule has 0 saturated heterocycles. The lowest BCUT2D eigenvalue weighted by molar-refractivity contribution is 0.209. The Morgan fingerprint density at radius 1 is 1.08 bits per heavy atom. The van der Waals surface area contributed by atoms with Crippen molar-refractivity contribution in [2.75, 3.05) is 11.9 Å². The summed E-state index contributed by atoms with van der Waals surface area (Å²) in [7, 11) is 1.69. The maximum Gasteiger partial charge on any atom is 0.419 e. The summed E-state index contributed by atoms with van der Waals surface area (Å²) in [6, 6.07) is 17.0. The number of aromatic nitrogens is 2. The molecule has 3 aromatic rings. The minimum absolute atomic E-state index is 0.213. The molecule has 0 bridgehead atoms. The number of nitrogens with one attached hydrogen (secondary N) is 1. The van der Waals surface area contributed by atoms with Crippen LogP contribution in [-0.2, 0) is 0 Å². The first-order valence-electron chi connectivity index (χ1n) is 8.59. The predicted octanol–water partition coefficient (Wildman–Crippen LogP) is 4.81. The monoisotopic (exact) mass is 349 g/mol. The third-order valence-corrected chi connectivity index (χ3v) is 4.62. The first kappa shape index (κ1) is 17.7. The van der Waals surface area contributed by atoms with Crippen molar-refractivity contribution in [2.45, 2.75) is 26.7 Å². The standard InChI is InChI=1S/C21H23N3O2/c1-14(20-15(2)22-23-16(20)3)17-10-12-19(13-11-17)26-21(25)24(4)18-8-6-5-7-9-18/h5-14H,1-4H3,(H,22,23). The van der Waals surface area contributed by atoms with Crippen LogP contribution in [0.2, 0.25) is 0 Å². The number of amides is 1. The number of aromatic amines is 1. The second kappa shape index (κ2) is 7.44. The van der Waals surface area contributed by atoms with Gasteiger partial charge in [0.05, 0.1) is 5.69 Å². The molecule has 0 fully saturated rings. The Morgan fingerprint density at radius 3 is 2.31 bits per heavy atom. The molecule has 0 aliphatic carbocycles. The van der Waals surface area contributed by atoms with Gasteiger partial charge >= 0.3 is 6.09 Å². The highest BCUT2D eigenvalue weighted by molar-refractivity contribution is 5.88. The van der Waals surface area contributed by atoms with Gasteiger partial charge in [-0.1, -0.05) is 37.3 Å². The number of H-pyrrole nitrogens is 1. The third kappa shape index (κ3) is 3.61. The van der Waals surface area contributed by atoms with Gasteiger partial charge in [0, 0.05) is 29.9 Å². The highest BCUT2D eigenvalue weighted by Crippen LogP contribution is 2.29. The Kier molecular flexibility index (Phi) is 5.07. The van der Waals surface area contributed by atoms with Gasteiger partial charge < -0.3 is 4.74 Å². The van der Waals surface area contributed by atoms with E-state index in [4.69, 9.17) is 4.74 Å². The number of benzene rings is 2. The molecular formula is C21H23N3O2. The van der Waals surface area contributed by atoms with Crippen LogP contribution >= 0.6 is 0 Å². The van der Waals surface area contributed by atoms with Gasteiger partial charge in [0.1, 0.15) is 5.75 Å². The second-order valence-electron chi connectivity index (χ2n) is 6.40. The molecule has 1 N–H and O–H groups in total. The second-order valence-corrected chi connectivity index (χ2v) is 6.40. The van der Waals surface area contributed by atoms with Crippen LogP contribution in [0.15, 0.2) is 54.6 Å². The van der Waals surface area contributed by atoms with Gasteiger partial charge in [-0.25, -0.2) is 4.79 Å². The fourth-order valence-corrected chi connectivity index (χ4v) is 3.12. The summed E-state index contributed by atoms with van der Waals surface area (Å²) in [5.74, 6) is 0.736. The van der Waals surface area contributed by atoms with E-state index in [1.807, 2.05) is 68.4 Å². The zero-order chi connectivity index (χ0) is 18.7. The lowest BCUT2D eigenvalue weighted by Crippen LogP contribution is -2.29. The summed E-state index contributed by atoms with van der Waals surface area (Å²) in [6.45, 7) is 6.18. The molecule has 1 atom stereocenters. The topological polar surface area (TPSA) is 58.2 Å². The molecule has 0 radical (unpaired) electrons. The minimum atomic E-state index is -0.418. The number of hydrogen-bond donors (Lipinski definition) is 1. The van der Waals surface area contributed by atoms with Crippen molar-refractivity contribution in [2.24, 2.45) is 0 Å². The molecule has 0 saturated carbocycles. The molecule has 0 aliphatic rings. The van der Waals surface area contributed by atoms with E-state index in [9.17, 15) is 4.79 Å². The van der Waals surface area contributed by atoms with Crippen molar-refractivity contribution in [3.8, 4) is 5.75 Å². The summed E-state index contributed by atoms with van der Waals surface area (Å²) >= 11 is 0. The van der Waals surface area contributed by atoms with E-state index in [-0.39, 0.29) is 5.92 Å². The molecule has 26 heavy (non-hydrogen) atoms. The van der Waals surface area contributed by atoms with Gasteiger partial charge in [0.2, 0.25) is 0 Å². The maximum absolute atomic E-state index is 12.3. The molecule has 5 nitrogen and oxygen atoms in total. The van der Waals surface area contributed by atoms with Gasteiger partial charge in [-0.15, -0.1) is 0 Å². The molecule has 1 heterocycles. The average Bonchev–Trinajstić information content (AvgIpc) is 3.00. The fraction of sp³-hybridized carbons (Fsp3) is 0.238. The van der Waals surface area contributed by atoms with Gasteiger partial charge in [0.15, 0.2) is 0 Å². The molecule has 1 unspecified atom stereocenters. The van der Waals surface area contributed by atoms with Crippen molar-refractivity contribution < 1.29 is 9.53 Å². The van der Waals surface area contributed by atoms with Crippen LogP contribution in [0.25, 0.3) is 0 Å². The Hall–Kier alpha value is -3.08. The zero-order valence-electron chi connectivity index (χ0n) is 15.5. The largest absolute Gasteiger partial charge is 0.419 e. The van der Waals surface area contributed by atoms with Crippen LogP contribution in [0.3, 0.4) is 0 Å². The SMILES string of the molecule is Cc1n[nH]c(C)c1C(C)c1ccc(OC(=O)N(C)c2ccccc2)cc1. The van der Waals surface area contributed by atoms with Crippen LogP contribution in [0, 0.1) is 13.8 Å². The Morgan fingerprint density at radius 2 is 1.73 bits per heavy atom. The highest BCUT2D eigenvalue weighted by Gasteiger charge is 2.17. The number of ether oxygens (including phenoxy) is 1. The molecule has 1 aromatic heterocycles. The van der Waals surface area contributed by atoms with Crippen LogP contribution in [-0.4, -0.2) is 23.3 Å². The molecule has 2 aromatic carbocycles. The van der Waals surface area contributed by atoms with Gasteiger partial charge in [-0.3, -0.25) is 10.00 Å². The number of nitrogens with zero attached hydrogens (tertiary/aromatic N) is 2. The fourth-order valence-electron chi connectivity index (χ4n) is 3.12. The van der Waals surface area contributed by atoms with Gasteiger partial charge in [-0.2, -0.15) is 5.10 Å². The number of para-hydroxylation sites is 1. The minimum Gasteiger partial charge on any atom is -0.410 e. The first-order chi connectivity index (χ1) is 12.5. The zero-order valence-corrected chi connectivity index (χ0v) is 15.5. The van der Waals surface area contributed by atoms with Crippen LogP contribution in [0.1, 0.15) is 35.4 Å². The summed E-state index contributed by atoms with van der Waals surface area (Å²) < 4.78 is 5.47. The van der Waals surface area contributed by atoms with Crippen LogP contribution in [0.5, 0.6) is 5.75 Å². The molecule has 5 heteroatoms. The highest BCUT2D eigenvalue weighted by atomic mass is 16.6. The molecule has 0 spiro atoms. The summed E-state index contributed by atoms with van der Waals surface area (Å²) in [4.78, 5) is 13.8. The number of carbonyl (C=O) groups excluding carboxylic acids is 1. The molecule has 3 rings (SSSR count).